The number of halogens is 1. The monoisotopic (exact) mass is 500 g/mol. The zero-order chi connectivity index (χ0) is 25.1. The molecule has 0 aliphatic heterocycles. The number of nitrogens with zero attached hydrogens (tertiary/aromatic N) is 5. The van der Waals surface area contributed by atoms with E-state index in [1.807, 2.05) is 25.1 Å². The maximum Gasteiger partial charge on any atom is 0.274 e. The van der Waals surface area contributed by atoms with Crippen LogP contribution in [0.4, 0.5) is 16.0 Å². The fourth-order valence-corrected chi connectivity index (χ4v) is 4.54. The molecule has 0 radical (unpaired) electrons. The van der Waals surface area contributed by atoms with Crippen molar-refractivity contribution in [3.8, 4) is 10.6 Å². The van der Waals surface area contributed by atoms with Gasteiger partial charge in [-0.3, -0.25) is 9.78 Å². The van der Waals surface area contributed by atoms with Crippen molar-refractivity contribution in [2.45, 2.75) is 19.5 Å². The molecule has 11 heteroatoms. The lowest BCUT2D eigenvalue weighted by molar-refractivity contribution is 0.0935. The van der Waals surface area contributed by atoms with Crippen LogP contribution >= 0.6 is 11.3 Å². The van der Waals surface area contributed by atoms with E-state index in [0.29, 0.717) is 23.7 Å². The van der Waals surface area contributed by atoms with Crippen LogP contribution in [0.1, 0.15) is 33.9 Å². The predicted octanol–water partition coefficient (Wildman–Crippen LogP) is 4.37. The van der Waals surface area contributed by atoms with Crippen LogP contribution in [0.5, 0.6) is 0 Å². The average Bonchev–Trinajstić information content (AvgIpc) is 3.37. The van der Waals surface area contributed by atoms with Crippen molar-refractivity contribution < 1.29 is 9.18 Å². The van der Waals surface area contributed by atoms with Gasteiger partial charge in [-0.2, -0.15) is 0 Å². The van der Waals surface area contributed by atoms with Crippen LogP contribution in [-0.2, 0) is 6.54 Å². The molecule has 0 fully saturated rings. The molecule has 0 saturated carbocycles. The van der Waals surface area contributed by atoms with Crippen LogP contribution in [-0.4, -0.2) is 30.8 Å². The number of hydrogen-bond acceptors (Lipinski definition) is 9. The molecule has 9 nitrogen and oxygen atoms in total. The van der Waals surface area contributed by atoms with Crippen LogP contribution in [0, 0.1) is 5.82 Å². The molecule has 1 aromatic carbocycles. The van der Waals surface area contributed by atoms with Crippen molar-refractivity contribution >= 4 is 39.8 Å². The molecule has 0 aliphatic carbocycles. The number of aromatic nitrogens is 5. The van der Waals surface area contributed by atoms with Crippen molar-refractivity contribution in [2.75, 3.05) is 11.1 Å². The van der Waals surface area contributed by atoms with Crippen LogP contribution < -0.4 is 16.4 Å². The normalized spacial score (nSPS) is 11.8. The first-order chi connectivity index (χ1) is 17.5. The molecule has 36 heavy (non-hydrogen) atoms. The van der Waals surface area contributed by atoms with Crippen molar-refractivity contribution in [2.24, 2.45) is 0 Å². The van der Waals surface area contributed by atoms with Gasteiger partial charge in [-0.15, -0.1) is 11.3 Å². The van der Waals surface area contributed by atoms with E-state index in [1.54, 1.807) is 29.7 Å². The van der Waals surface area contributed by atoms with Gasteiger partial charge in [-0.05, 0) is 42.8 Å². The summed E-state index contributed by atoms with van der Waals surface area (Å²) in [6, 6.07) is 11.5. The Kier molecular flexibility index (Phi) is 6.46. The van der Waals surface area contributed by atoms with E-state index in [9.17, 15) is 9.18 Å². The number of hydrogen-bond donors (Lipinski definition) is 3. The third-order valence-electron chi connectivity index (χ3n) is 5.53. The van der Waals surface area contributed by atoms with Gasteiger partial charge < -0.3 is 16.4 Å². The number of amides is 1. The average molecular weight is 501 g/mol. The van der Waals surface area contributed by atoms with Crippen molar-refractivity contribution in [3.05, 3.63) is 89.3 Å². The molecule has 180 valence electrons. The Hall–Kier alpha value is -4.51. The fourth-order valence-electron chi connectivity index (χ4n) is 3.63. The highest BCUT2D eigenvalue weighted by molar-refractivity contribution is 7.15. The minimum atomic E-state index is -0.380. The van der Waals surface area contributed by atoms with E-state index in [4.69, 9.17) is 5.73 Å². The highest BCUT2D eigenvalue weighted by Crippen LogP contribution is 2.30. The summed E-state index contributed by atoms with van der Waals surface area (Å²) >= 11 is 1.56. The van der Waals surface area contributed by atoms with Crippen LogP contribution in [0.15, 0.2) is 67.4 Å². The first-order valence-electron chi connectivity index (χ1n) is 11.0. The summed E-state index contributed by atoms with van der Waals surface area (Å²) in [5.41, 5.74) is 8.40. The summed E-state index contributed by atoms with van der Waals surface area (Å²) in [5, 5.41) is 6.84. The van der Waals surface area contributed by atoms with Crippen LogP contribution in [0.3, 0.4) is 0 Å². The second kappa shape index (κ2) is 10.0. The Balaban J connectivity index is 1.28. The molecule has 1 atom stereocenters. The topological polar surface area (TPSA) is 132 Å². The number of carbonyl (C=O) groups is 1. The number of thiophene rings is 1. The number of nitrogens with one attached hydrogen (secondary N) is 2. The van der Waals surface area contributed by atoms with Crippen molar-refractivity contribution in [1.82, 2.24) is 30.2 Å². The van der Waals surface area contributed by atoms with Crippen LogP contribution in [0.25, 0.3) is 21.5 Å². The van der Waals surface area contributed by atoms with E-state index >= 15 is 0 Å². The third kappa shape index (κ3) is 4.96. The highest BCUT2D eigenvalue weighted by Gasteiger charge is 2.18. The Morgan fingerprint density at radius 2 is 1.86 bits per heavy atom. The van der Waals surface area contributed by atoms with Gasteiger partial charge >= 0.3 is 0 Å². The van der Waals surface area contributed by atoms with E-state index in [1.165, 1.54) is 30.9 Å². The molecule has 5 rings (SSSR count). The number of nitrogens with two attached hydrogens (primary N) is 1. The second-order valence-electron chi connectivity index (χ2n) is 7.97. The minimum Gasteiger partial charge on any atom is -0.383 e. The van der Waals surface area contributed by atoms with E-state index in [2.05, 4.69) is 35.6 Å². The maximum absolute atomic E-state index is 13.2. The first kappa shape index (κ1) is 23.2. The molecule has 4 heterocycles. The lowest BCUT2D eigenvalue weighted by atomic mass is 10.1. The molecule has 1 unspecified atom stereocenters. The second-order valence-corrected chi connectivity index (χ2v) is 9.13. The summed E-state index contributed by atoms with van der Waals surface area (Å²) in [6.45, 7) is 2.26. The predicted molar refractivity (Wildman–Crippen MR) is 137 cm³/mol. The number of anilines is 2. The van der Waals surface area contributed by atoms with Crippen LogP contribution in [0.2, 0.25) is 0 Å². The first-order valence-corrected chi connectivity index (χ1v) is 11.9. The van der Waals surface area contributed by atoms with Gasteiger partial charge in [-0.1, -0.05) is 12.1 Å². The molecular weight excluding hydrogens is 479 g/mol. The summed E-state index contributed by atoms with van der Waals surface area (Å²) in [5.74, 6) is 0.0627. The quantitative estimate of drug-likeness (QED) is 0.300. The maximum atomic E-state index is 13.2. The van der Waals surface area contributed by atoms with Crippen molar-refractivity contribution in [1.29, 1.82) is 0 Å². The van der Waals surface area contributed by atoms with E-state index < -0.39 is 0 Å². The SMILES string of the molecule is CC(NC(=O)c1nccnc1NCc1ccc(-c2cc3c(N)ncnc3cn2)s1)c1ccc(F)cc1. The van der Waals surface area contributed by atoms with E-state index in [0.717, 1.165) is 26.4 Å². The van der Waals surface area contributed by atoms with Gasteiger partial charge in [0.05, 0.1) is 34.9 Å². The number of pyridine rings is 1. The third-order valence-corrected chi connectivity index (χ3v) is 6.64. The van der Waals surface area contributed by atoms with Gasteiger partial charge in [0.2, 0.25) is 0 Å². The standard InChI is InChI=1S/C25H21FN8OS/c1-14(15-2-4-16(26)5-3-15)34-25(35)22-24(29-9-8-28-22)31-11-17-6-7-21(36-17)19-10-18-20(12-30-19)32-13-33-23(18)27/h2-10,12-14H,11H2,1H3,(H,29,31)(H,34,35)(H2,27,32,33). The Morgan fingerprint density at radius 1 is 1.06 bits per heavy atom. The van der Waals surface area contributed by atoms with Gasteiger partial charge in [0.15, 0.2) is 11.5 Å². The fraction of sp³-hybridized carbons (Fsp3) is 0.120. The molecule has 4 aromatic heterocycles. The Morgan fingerprint density at radius 3 is 2.69 bits per heavy atom. The summed E-state index contributed by atoms with van der Waals surface area (Å²) in [7, 11) is 0. The molecule has 5 aromatic rings. The van der Waals surface area contributed by atoms with E-state index in [-0.39, 0.29) is 23.5 Å². The number of nitrogen functional groups attached to an aromatic ring is 1. The number of benzene rings is 1. The molecule has 0 bridgehead atoms. The number of rotatable bonds is 7. The molecule has 0 spiro atoms. The molecule has 0 saturated heterocycles. The molecular formula is C25H21FN8OS. The largest absolute Gasteiger partial charge is 0.383 e. The zero-order valence-electron chi connectivity index (χ0n) is 19.1. The lowest BCUT2D eigenvalue weighted by Crippen LogP contribution is -2.28. The van der Waals surface area contributed by atoms with Gasteiger partial charge in [-0.25, -0.2) is 24.3 Å². The summed E-state index contributed by atoms with van der Waals surface area (Å²) in [6.07, 6.45) is 6.08. The number of fused-ring (bicyclic) bond motifs is 1. The smallest absolute Gasteiger partial charge is 0.274 e. The van der Waals surface area contributed by atoms with Gasteiger partial charge in [0.1, 0.15) is 18.0 Å². The molecule has 4 N–H and O–H groups in total. The highest BCUT2D eigenvalue weighted by atomic mass is 32.1. The number of carbonyl (C=O) groups excluding carboxylic acids is 1. The summed E-state index contributed by atoms with van der Waals surface area (Å²) < 4.78 is 13.2. The molecule has 1 amide bonds. The summed E-state index contributed by atoms with van der Waals surface area (Å²) in [4.78, 5) is 36.1. The minimum absolute atomic E-state index is 0.176. The Bertz CT molecular complexity index is 1540. The zero-order valence-corrected chi connectivity index (χ0v) is 20.0. The molecule has 0 aliphatic rings. The van der Waals surface area contributed by atoms with Crippen molar-refractivity contribution in [3.63, 3.8) is 0 Å². The van der Waals surface area contributed by atoms with Gasteiger partial charge in [0, 0.05) is 22.7 Å². The lowest BCUT2D eigenvalue weighted by Gasteiger charge is -2.15. The van der Waals surface area contributed by atoms with Gasteiger partial charge in [0.25, 0.3) is 5.91 Å². The Labute approximate surface area is 209 Å².